The first-order valence-corrected chi connectivity index (χ1v) is 9.42. The molecule has 0 aliphatic rings. The third kappa shape index (κ3) is 4.33. The van der Waals surface area contributed by atoms with Crippen LogP contribution in [0.1, 0.15) is 22.8 Å². The summed E-state index contributed by atoms with van der Waals surface area (Å²) < 4.78 is 23.5. The molecule has 0 bridgehead atoms. The van der Waals surface area contributed by atoms with Gasteiger partial charge in [-0.3, -0.25) is 4.79 Å². The predicted molar refractivity (Wildman–Crippen MR) is 91.4 cm³/mol. The van der Waals surface area contributed by atoms with E-state index < -0.39 is 9.84 Å². The molecule has 6 heteroatoms. The summed E-state index contributed by atoms with van der Waals surface area (Å²) >= 11 is 5.92. The first-order valence-electron chi connectivity index (χ1n) is 7.15. The zero-order valence-corrected chi connectivity index (χ0v) is 14.6. The second kappa shape index (κ2) is 7.15. The Bertz CT molecular complexity index is 804. The first-order chi connectivity index (χ1) is 10.8. The van der Waals surface area contributed by atoms with Gasteiger partial charge in [-0.1, -0.05) is 41.9 Å². The molecular formula is C17H18ClNO3S. The van der Waals surface area contributed by atoms with Crippen molar-refractivity contribution < 1.29 is 13.2 Å². The molecule has 0 heterocycles. The van der Waals surface area contributed by atoms with Crippen molar-refractivity contribution in [2.24, 2.45) is 0 Å². The average molecular weight is 352 g/mol. The summed E-state index contributed by atoms with van der Waals surface area (Å²) in [6, 6.07) is 14.0. The molecule has 0 saturated heterocycles. The minimum atomic E-state index is -3.48. The molecule has 0 unspecified atom stereocenters. The van der Waals surface area contributed by atoms with Crippen molar-refractivity contribution >= 4 is 27.3 Å². The topological polar surface area (TPSA) is 54.5 Å². The van der Waals surface area contributed by atoms with E-state index in [0.29, 0.717) is 18.7 Å². The van der Waals surface area contributed by atoms with E-state index in [1.807, 2.05) is 37.3 Å². The number of hydrogen-bond acceptors (Lipinski definition) is 3. The van der Waals surface area contributed by atoms with Crippen LogP contribution in [0.5, 0.6) is 0 Å². The fraction of sp³-hybridized carbons (Fsp3) is 0.235. The van der Waals surface area contributed by atoms with Gasteiger partial charge in [0, 0.05) is 24.9 Å². The third-order valence-corrected chi connectivity index (χ3v) is 5.04. The molecule has 2 aromatic carbocycles. The Labute approximate surface area is 141 Å². The lowest BCUT2D eigenvalue weighted by atomic mass is 10.1. The molecule has 0 fully saturated rings. The Morgan fingerprint density at radius 1 is 1.13 bits per heavy atom. The van der Waals surface area contributed by atoms with E-state index in [-0.39, 0.29) is 15.8 Å². The average Bonchev–Trinajstić information content (AvgIpc) is 2.52. The van der Waals surface area contributed by atoms with Crippen molar-refractivity contribution in [1.29, 1.82) is 0 Å². The van der Waals surface area contributed by atoms with Crippen LogP contribution in [0, 0.1) is 0 Å². The second-order valence-corrected chi connectivity index (χ2v) is 7.61. The van der Waals surface area contributed by atoms with Crippen molar-refractivity contribution in [3.8, 4) is 0 Å². The second-order valence-electron chi connectivity index (χ2n) is 5.22. The Hall–Kier alpha value is -1.85. The fourth-order valence-corrected chi connectivity index (χ4v) is 3.54. The summed E-state index contributed by atoms with van der Waals surface area (Å²) in [5.41, 5.74) is 1.33. The fourth-order valence-electron chi connectivity index (χ4n) is 2.23. The number of nitrogens with zero attached hydrogens (tertiary/aromatic N) is 1. The molecular weight excluding hydrogens is 334 g/mol. The van der Waals surface area contributed by atoms with Crippen molar-refractivity contribution in [3.63, 3.8) is 0 Å². The molecule has 2 rings (SSSR count). The Morgan fingerprint density at radius 3 is 2.35 bits per heavy atom. The number of amides is 1. The Morgan fingerprint density at radius 2 is 1.78 bits per heavy atom. The van der Waals surface area contributed by atoms with Crippen LogP contribution in [0.15, 0.2) is 53.4 Å². The van der Waals surface area contributed by atoms with Crippen LogP contribution < -0.4 is 0 Å². The molecule has 0 N–H and O–H groups in total. The van der Waals surface area contributed by atoms with Crippen LogP contribution in [0.25, 0.3) is 0 Å². The molecule has 0 spiro atoms. The minimum absolute atomic E-state index is 0.0271. The molecule has 23 heavy (non-hydrogen) atoms. The quantitative estimate of drug-likeness (QED) is 0.829. The van der Waals surface area contributed by atoms with E-state index in [1.165, 1.54) is 12.1 Å². The van der Waals surface area contributed by atoms with Crippen molar-refractivity contribution in [1.82, 2.24) is 4.90 Å². The molecule has 0 atom stereocenters. The van der Waals surface area contributed by atoms with Gasteiger partial charge in [-0.15, -0.1) is 0 Å². The van der Waals surface area contributed by atoms with Crippen molar-refractivity contribution in [2.45, 2.75) is 18.4 Å². The summed E-state index contributed by atoms with van der Waals surface area (Å²) in [4.78, 5) is 14.3. The van der Waals surface area contributed by atoms with Gasteiger partial charge in [-0.05, 0) is 30.7 Å². The number of hydrogen-bond donors (Lipinski definition) is 0. The first kappa shape index (κ1) is 17.5. The van der Waals surface area contributed by atoms with Gasteiger partial charge in [0.25, 0.3) is 5.91 Å². The van der Waals surface area contributed by atoms with Crippen molar-refractivity contribution in [2.75, 3.05) is 12.8 Å². The summed E-state index contributed by atoms with van der Waals surface area (Å²) in [6.07, 6.45) is 1.07. The monoisotopic (exact) mass is 351 g/mol. The number of rotatable bonds is 5. The van der Waals surface area contributed by atoms with Crippen LogP contribution in [0.3, 0.4) is 0 Å². The number of sulfone groups is 1. The van der Waals surface area contributed by atoms with E-state index >= 15 is 0 Å². The third-order valence-electron chi connectivity index (χ3n) is 3.46. The van der Waals surface area contributed by atoms with E-state index in [9.17, 15) is 13.2 Å². The van der Waals surface area contributed by atoms with Crippen molar-refractivity contribution in [3.05, 3.63) is 64.7 Å². The van der Waals surface area contributed by atoms with Gasteiger partial charge in [0.1, 0.15) is 0 Å². The van der Waals surface area contributed by atoms with Crippen LogP contribution in [-0.4, -0.2) is 32.0 Å². The van der Waals surface area contributed by atoms with Gasteiger partial charge < -0.3 is 4.90 Å². The van der Waals surface area contributed by atoms with Gasteiger partial charge in [0.05, 0.1) is 9.92 Å². The van der Waals surface area contributed by atoms with Gasteiger partial charge in [0.2, 0.25) is 0 Å². The van der Waals surface area contributed by atoms with E-state index in [1.54, 1.807) is 11.0 Å². The zero-order valence-electron chi connectivity index (χ0n) is 13.0. The molecule has 122 valence electrons. The molecule has 0 radical (unpaired) electrons. The summed E-state index contributed by atoms with van der Waals surface area (Å²) in [7, 11) is -3.48. The Balaban J connectivity index is 2.31. The maximum absolute atomic E-state index is 12.7. The van der Waals surface area contributed by atoms with Crippen LogP contribution >= 0.6 is 11.6 Å². The van der Waals surface area contributed by atoms with Gasteiger partial charge in [-0.25, -0.2) is 8.42 Å². The predicted octanol–water partition coefficient (Wildman–Crippen LogP) is 3.41. The van der Waals surface area contributed by atoms with E-state index in [4.69, 9.17) is 11.6 Å². The highest BCUT2D eigenvalue weighted by Crippen LogP contribution is 2.23. The SMILES string of the molecule is CCN(Cc1ccccc1)C(=O)c1ccc(Cl)c(S(C)(=O)=O)c1. The van der Waals surface area contributed by atoms with E-state index in [0.717, 1.165) is 11.8 Å². The minimum Gasteiger partial charge on any atom is -0.335 e. The highest BCUT2D eigenvalue weighted by atomic mass is 35.5. The normalized spacial score (nSPS) is 11.3. The number of carbonyl (C=O) groups is 1. The largest absolute Gasteiger partial charge is 0.335 e. The molecule has 4 nitrogen and oxygen atoms in total. The number of benzene rings is 2. The summed E-state index contributed by atoms with van der Waals surface area (Å²) in [5.74, 6) is -0.224. The lowest BCUT2D eigenvalue weighted by Crippen LogP contribution is -2.30. The van der Waals surface area contributed by atoms with Gasteiger partial charge >= 0.3 is 0 Å². The summed E-state index contributed by atoms with van der Waals surface area (Å²) in [6.45, 7) is 2.87. The molecule has 0 aliphatic carbocycles. The smallest absolute Gasteiger partial charge is 0.254 e. The van der Waals surface area contributed by atoms with Gasteiger partial charge in [0.15, 0.2) is 9.84 Å². The highest BCUT2D eigenvalue weighted by Gasteiger charge is 2.19. The lowest BCUT2D eigenvalue weighted by molar-refractivity contribution is 0.0752. The standard InChI is InChI=1S/C17H18ClNO3S/c1-3-19(12-13-7-5-4-6-8-13)17(20)14-9-10-15(18)16(11-14)23(2,21)22/h4-11H,3,12H2,1-2H3. The zero-order chi connectivity index (χ0) is 17.0. The van der Waals surface area contributed by atoms with Crippen LogP contribution in [-0.2, 0) is 16.4 Å². The van der Waals surface area contributed by atoms with E-state index in [2.05, 4.69) is 0 Å². The highest BCUT2D eigenvalue weighted by molar-refractivity contribution is 7.90. The van der Waals surface area contributed by atoms with Crippen LogP contribution in [0.4, 0.5) is 0 Å². The summed E-state index contributed by atoms with van der Waals surface area (Å²) in [5, 5.41) is 0.121. The number of carbonyl (C=O) groups excluding carboxylic acids is 1. The Kier molecular flexibility index (Phi) is 5.44. The molecule has 2 aromatic rings. The van der Waals surface area contributed by atoms with Crippen LogP contribution in [0.2, 0.25) is 5.02 Å². The maximum Gasteiger partial charge on any atom is 0.254 e. The van der Waals surface area contributed by atoms with Gasteiger partial charge in [-0.2, -0.15) is 0 Å². The number of halogens is 1. The lowest BCUT2D eigenvalue weighted by Gasteiger charge is -2.21. The maximum atomic E-state index is 12.7. The molecule has 0 saturated carbocycles. The molecule has 1 amide bonds. The molecule has 0 aliphatic heterocycles. The molecule has 0 aromatic heterocycles.